The molecular weight excluding hydrogens is 356 g/mol. The Labute approximate surface area is 165 Å². The molecule has 1 fully saturated rings. The van der Waals surface area contributed by atoms with E-state index < -0.39 is 5.54 Å². The summed E-state index contributed by atoms with van der Waals surface area (Å²) in [5.41, 5.74) is 2.16. The predicted octanol–water partition coefficient (Wildman–Crippen LogP) is 3.24. The Hall–Kier alpha value is -2.05. The van der Waals surface area contributed by atoms with Gasteiger partial charge in [0.25, 0.3) is 0 Å². The molecule has 1 aromatic heterocycles. The number of carbonyl (C=O) groups excluding carboxylic acids is 1. The van der Waals surface area contributed by atoms with Gasteiger partial charge in [0.1, 0.15) is 11.3 Å². The number of hydrogen-bond donors (Lipinski definition) is 3. The number of aliphatic hydroxyl groups is 1. The highest BCUT2D eigenvalue weighted by Gasteiger charge is 2.48. The van der Waals surface area contributed by atoms with Crippen LogP contribution in [0.2, 0.25) is 0 Å². The number of aromatic amines is 1. The van der Waals surface area contributed by atoms with Crippen LogP contribution in [0.5, 0.6) is 5.75 Å². The smallest absolute Gasteiger partial charge is 0.329 e. The fraction of sp³-hybridized carbons (Fsp3) is 0.591. The zero-order valence-electron chi connectivity index (χ0n) is 16.7. The van der Waals surface area contributed by atoms with E-state index >= 15 is 0 Å². The van der Waals surface area contributed by atoms with E-state index in [4.69, 9.17) is 9.47 Å². The van der Waals surface area contributed by atoms with Gasteiger partial charge in [-0.05, 0) is 49.4 Å². The Morgan fingerprint density at radius 3 is 2.75 bits per heavy atom. The summed E-state index contributed by atoms with van der Waals surface area (Å²) in [7, 11) is 1.66. The Morgan fingerprint density at radius 2 is 2.07 bits per heavy atom. The summed E-state index contributed by atoms with van der Waals surface area (Å²) in [6.45, 7) is 1.81. The number of carbonyl (C=O) groups is 1. The number of rotatable bonds is 5. The number of aromatic nitrogens is 1. The minimum atomic E-state index is -1.11. The molecule has 0 unspecified atom stereocenters. The van der Waals surface area contributed by atoms with Crippen LogP contribution in [0.4, 0.5) is 0 Å². The summed E-state index contributed by atoms with van der Waals surface area (Å²) in [4.78, 5) is 16.5. The van der Waals surface area contributed by atoms with Gasteiger partial charge in [0, 0.05) is 23.0 Å². The first-order chi connectivity index (χ1) is 13.6. The number of esters is 1. The first kappa shape index (κ1) is 19.3. The van der Waals surface area contributed by atoms with Crippen LogP contribution in [0.25, 0.3) is 10.9 Å². The summed E-state index contributed by atoms with van der Waals surface area (Å²) in [5.74, 6) is 0.845. The van der Waals surface area contributed by atoms with Crippen molar-refractivity contribution < 1.29 is 19.4 Å². The van der Waals surface area contributed by atoms with Gasteiger partial charge in [-0.15, -0.1) is 0 Å². The fourth-order valence-electron chi connectivity index (χ4n) is 4.94. The Morgan fingerprint density at radius 1 is 1.29 bits per heavy atom. The van der Waals surface area contributed by atoms with Crippen LogP contribution in [0, 0.1) is 5.92 Å². The Bertz CT molecular complexity index is 856. The summed E-state index contributed by atoms with van der Waals surface area (Å²) >= 11 is 0. The van der Waals surface area contributed by atoms with Gasteiger partial charge in [0.15, 0.2) is 0 Å². The van der Waals surface area contributed by atoms with Crippen LogP contribution in [0.3, 0.4) is 0 Å². The monoisotopic (exact) mass is 386 g/mol. The van der Waals surface area contributed by atoms with E-state index in [2.05, 4.69) is 10.3 Å². The zero-order chi connectivity index (χ0) is 19.7. The van der Waals surface area contributed by atoms with Gasteiger partial charge >= 0.3 is 5.97 Å². The van der Waals surface area contributed by atoms with E-state index in [1.54, 1.807) is 14.0 Å². The highest BCUT2D eigenvalue weighted by atomic mass is 16.5. The number of hydrogen-bond acceptors (Lipinski definition) is 5. The number of H-pyrrole nitrogens is 1. The summed E-state index contributed by atoms with van der Waals surface area (Å²) in [6, 6.07) is 5.98. The van der Waals surface area contributed by atoms with Crippen LogP contribution in [-0.4, -0.2) is 41.9 Å². The molecule has 0 spiro atoms. The van der Waals surface area contributed by atoms with Crippen molar-refractivity contribution in [3.63, 3.8) is 0 Å². The second kappa shape index (κ2) is 7.76. The average Bonchev–Trinajstić information content (AvgIpc) is 3.11. The lowest BCUT2D eigenvalue weighted by atomic mass is 9.76. The molecule has 28 heavy (non-hydrogen) atoms. The standard InChI is InChI=1S/C22H30N2O4/c1-3-28-21(26)22(13-25)12-17-16-11-15(27-2)9-10-18(16)23-20(17)19(24-22)14-7-5-4-6-8-14/h9-11,14,19,23-25H,3-8,12-13H2,1-2H3/t19-,22+/m1/s1. The number of fused-ring (bicyclic) bond motifs is 3. The molecule has 1 aliphatic heterocycles. The van der Waals surface area contributed by atoms with Crippen molar-refractivity contribution in [1.82, 2.24) is 10.3 Å². The van der Waals surface area contributed by atoms with Crippen LogP contribution in [-0.2, 0) is 16.0 Å². The van der Waals surface area contributed by atoms with Crippen molar-refractivity contribution in [3.8, 4) is 5.75 Å². The molecule has 0 bridgehead atoms. The second-order valence-electron chi connectivity index (χ2n) is 8.09. The zero-order valence-corrected chi connectivity index (χ0v) is 16.7. The number of nitrogens with one attached hydrogen (secondary N) is 2. The van der Waals surface area contributed by atoms with Crippen molar-refractivity contribution in [3.05, 3.63) is 29.5 Å². The predicted molar refractivity (Wildman–Crippen MR) is 107 cm³/mol. The maximum atomic E-state index is 12.9. The third-order valence-electron chi connectivity index (χ3n) is 6.42. The minimum absolute atomic E-state index is 0.000925. The Kier molecular flexibility index (Phi) is 5.34. The van der Waals surface area contributed by atoms with Crippen LogP contribution < -0.4 is 10.1 Å². The molecule has 2 atom stereocenters. The normalized spacial score (nSPS) is 25.5. The average molecular weight is 386 g/mol. The van der Waals surface area contributed by atoms with Gasteiger partial charge in [-0.2, -0.15) is 0 Å². The largest absolute Gasteiger partial charge is 0.497 e. The van der Waals surface area contributed by atoms with E-state index in [0.29, 0.717) is 18.9 Å². The molecule has 1 saturated carbocycles. The van der Waals surface area contributed by atoms with Gasteiger partial charge < -0.3 is 19.6 Å². The SMILES string of the molecule is CCOC(=O)[C@@]1(CO)Cc2c([nH]c3ccc(OC)cc23)[C@@H](C2CCCCC2)N1. The maximum Gasteiger partial charge on any atom is 0.329 e. The van der Waals surface area contributed by atoms with E-state index in [1.165, 1.54) is 19.3 Å². The van der Waals surface area contributed by atoms with Crippen LogP contribution >= 0.6 is 0 Å². The molecule has 2 heterocycles. The number of ether oxygens (including phenoxy) is 2. The third-order valence-corrected chi connectivity index (χ3v) is 6.42. The molecule has 152 valence electrons. The van der Waals surface area contributed by atoms with Gasteiger partial charge in [0.05, 0.1) is 26.4 Å². The van der Waals surface area contributed by atoms with Gasteiger partial charge in [-0.3, -0.25) is 5.32 Å². The molecule has 2 aliphatic rings. The first-order valence-electron chi connectivity index (χ1n) is 10.4. The maximum absolute atomic E-state index is 12.9. The van der Waals surface area contributed by atoms with Gasteiger partial charge in [-0.25, -0.2) is 4.79 Å². The van der Waals surface area contributed by atoms with Crippen molar-refractivity contribution in [2.75, 3.05) is 20.3 Å². The quantitative estimate of drug-likeness (QED) is 0.687. The Balaban J connectivity index is 1.84. The topological polar surface area (TPSA) is 83.6 Å². The number of methoxy groups -OCH3 is 1. The molecule has 0 saturated heterocycles. The minimum Gasteiger partial charge on any atom is -0.497 e. The lowest BCUT2D eigenvalue weighted by Crippen LogP contribution is -2.61. The van der Waals surface area contributed by atoms with Gasteiger partial charge in [-0.1, -0.05) is 19.3 Å². The lowest BCUT2D eigenvalue weighted by Gasteiger charge is -2.43. The molecule has 3 N–H and O–H groups in total. The number of aliphatic hydroxyl groups excluding tert-OH is 1. The molecule has 0 amide bonds. The van der Waals surface area contributed by atoms with Crippen molar-refractivity contribution in [2.45, 2.75) is 57.0 Å². The number of benzene rings is 1. The van der Waals surface area contributed by atoms with Crippen molar-refractivity contribution in [2.24, 2.45) is 5.92 Å². The van der Waals surface area contributed by atoms with Crippen LogP contribution in [0.1, 0.15) is 56.3 Å². The summed E-state index contributed by atoms with van der Waals surface area (Å²) in [6.07, 6.45) is 6.33. The van der Waals surface area contributed by atoms with E-state index in [1.807, 2.05) is 18.2 Å². The van der Waals surface area contributed by atoms with Crippen molar-refractivity contribution in [1.29, 1.82) is 0 Å². The summed E-state index contributed by atoms with van der Waals surface area (Å²) in [5, 5.41) is 14.9. The van der Waals surface area contributed by atoms with Crippen LogP contribution in [0.15, 0.2) is 18.2 Å². The third kappa shape index (κ3) is 3.18. The van der Waals surface area contributed by atoms with Crippen molar-refractivity contribution >= 4 is 16.9 Å². The van der Waals surface area contributed by atoms with E-state index in [0.717, 1.165) is 40.8 Å². The lowest BCUT2D eigenvalue weighted by molar-refractivity contribution is -0.154. The molecule has 6 nitrogen and oxygen atoms in total. The molecule has 4 rings (SSSR count). The summed E-state index contributed by atoms with van der Waals surface area (Å²) < 4.78 is 10.8. The second-order valence-corrected chi connectivity index (χ2v) is 8.09. The molecule has 1 aromatic carbocycles. The molecular formula is C22H30N2O4. The van der Waals surface area contributed by atoms with Gasteiger partial charge in [0.2, 0.25) is 0 Å². The molecule has 6 heteroatoms. The molecule has 2 aromatic rings. The molecule has 1 aliphatic carbocycles. The highest BCUT2D eigenvalue weighted by Crippen LogP contribution is 2.43. The van der Waals surface area contributed by atoms with E-state index in [-0.39, 0.29) is 18.6 Å². The van der Waals surface area contributed by atoms with E-state index in [9.17, 15) is 9.90 Å². The first-order valence-corrected chi connectivity index (χ1v) is 10.4. The molecule has 0 radical (unpaired) electrons. The highest BCUT2D eigenvalue weighted by molar-refractivity contribution is 5.89. The fourth-order valence-corrected chi connectivity index (χ4v) is 4.94.